The van der Waals surface area contributed by atoms with Gasteiger partial charge in [-0.1, -0.05) is 13.3 Å². The molecule has 118 valence electrons. The first-order valence-electron chi connectivity index (χ1n) is 7.84. The number of ether oxygens (including phenoxy) is 1. The molecule has 0 spiro atoms. The molecular formula is C16H25NO3S. The van der Waals surface area contributed by atoms with Gasteiger partial charge in [0.05, 0.1) is 12.5 Å². The predicted octanol–water partition coefficient (Wildman–Crippen LogP) is 3.50. The van der Waals surface area contributed by atoms with Crippen LogP contribution in [0.3, 0.4) is 0 Å². The number of unbranched alkanes of at least 4 members (excludes halogenated alkanes) is 1. The van der Waals surface area contributed by atoms with Gasteiger partial charge in [0.25, 0.3) is 0 Å². The zero-order valence-electron chi connectivity index (χ0n) is 12.9. The molecule has 1 aliphatic carbocycles. The highest BCUT2D eigenvalue weighted by molar-refractivity contribution is 7.09. The van der Waals surface area contributed by atoms with Crippen LogP contribution in [0.4, 0.5) is 0 Å². The first-order valence-corrected chi connectivity index (χ1v) is 8.72. The van der Waals surface area contributed by atoms with E-state index in [9.17, 15) is 9.90 Å². The number of nitrogens with zero attached hydrogens (tertiary/aromatic N) is 1. The zero-order valence-corrected chi connectivity index (χ0v) is 13.7. The summed E-state index contributed by atoms with van der Waals surface area (Å²) >= 11 is 1.49. The van der Waals surface area contributed by atoms with Gasteiger partial charge in [-0.15, -0.1) is 11.3 Å². The van der Waals surface area contributed by atoms with Crippen LogP contribution in [0.25, 0.3) is 0 Å². The Kier molecular flexibility index (Phi) is 5.76. The average molecular weight is 311 g/mol. The second-order valence-electron chi connectivity index (χ2n) is 6.05. The molecule has 0 bridgehead atoms. The minimum Gasteiger partial charge on any atom is -0.465 e. The van der Waals surface area contributed by atoms with Gasteiger partial charge in [-0.25, -0.2) is 4.98 Å². The lowest BCUT2D eigenvalue weighted by molar-refractivity contribution is -0.151. The predicted molar refractivity (Wildman–Crippen MR) is 83.0 cm³/mol. The van der Waals surface area contributed by atoms with Gasteiger partial charge in [0.15, 0.2) is 0 Å². The van der Waals surface area contributed by atoms with Gasteiger partial charge in [-0.2, -0.15) is 0 Å². The summed E-state index contributed by atoms with van der Waals surface area (Å²) < 4.78 is 5.30. The number of carbonyl (C=O) groups excluding carboxylic acids is 1. The van der Waals surface area contributed by atoms with Crippen LogP contribution < -0.4 is 0 Å². The van der Waals surface area contributed by atoms with E-state index in [2.05, 4.69) is 11.9 Å². The van der Waals surface area contributed by atoms with Gasteiger partial charge in [-0.05, 0) is 44.9 Å². The lowest BCUT2D eigenvalue weighted by Crippen LogP contribution is -2.36. The summed E-state index contributed by atoms with van der Waals surface area (Å²) in [5.41, 5.74) is -0.884. The summed E-state index contributed by atoms with van der Waals surface area (Å²) in [5, 5.41) is 13.4. The van der Waals surface area contributed by atoms with Crippen LogP contribution in [0.2, 0.25) is 0 Å². The van der Waals surface area contributed by atoms with Gasteiger partial charge in [0, 0.05) is 11.6 Å². The lowest BCUT2D eigenvalue weighted by atomic mass is 9.74. The maximum absolute atomic E-state index is 12.0. The fraction of sp³-hybridized carbons (Fsp3) is 0.750. The third kappa shape index (κ3) is 4.04. The molecule has 4 nitrogen and oxygen atoms in total. The molecule has 1 aromatic heterocycles. The van der Waals surface area contributed by atoms with Gasteiger partial charge in [0.2, 0.25) is 0 Å². The number of aliphatic hydroxyl groups is 1. The minimum atomic E-state index is -0.884. The standard InChI is InChI=1S/C16H25NO3S/c1-3-4-10-20-14(18)12-5-7-13(8-6-12)16(2,19)15-17-9-11-21-15/h9,11-13,19H,3-8,10H2,1-2H3/t12-,13-,16-/m0/s1. The van der Waals surface area contributed by atoms with Crippen molar-refractivity contribution >= 4 is 17.3 Å². The van der Waals surface area contributed by atoms with E-state index in [1.54, 1.807) is 6.20 Å². The van der Waals surface area contributed by atoms with E-state index in [4.69, 9.17) is 4.74 Å². The maximum atomic E-state index is 12.0. The molecule has 0 radical (unpaired) electrons. The van der Waals surface area contributed by atoms with E-state index in [-0.39, 0.29) is 17.8 Å². The maximum Gasteiger partial charge on any atom is 0.308 e. The van der Waals surface area contributed by atoms with Gasteiger partial charge < -0.3 is 9.84 Å². The smallest absolute Gasteiger partial charge is 0.308 e. The molecule has 0 saturated heterocycles. The van der Waals surface area contributed by atoms with Crippen molar-refractivity contribution in [1.29, 1.82) is 0 Å². The van der Waals surface area contributed by atoms with Gasteiger partial charge in [-0.3, -0.25) is 4.79 Å². The quantitative estimate of drug-likeness (QED) is 0.645. The third-order valence-corrected chi connectivity index (χ3v) is 5.46. The summed E-state index contributed by atoms with van der Waals surface area (Å²) in [6, 6.07) is 0. The van der Waals surface area contributed by atoms with Crippen LogP contribution in [-0.4, -0.2) is 22.7 Å². The number of carbonyl (C=O) groups is 1. The van der Waals surface area contributed by atoms with Crippen molar-refractivity contribution in [1.82, 2.24) is 4.98 Å². The molecule has 1 aliphatic rings. The van der Waals surface area contributed by atoms with E-state index < -0.39 is 5.60 Å². The summed E-state index contributed by atoms with van der Waals surface area (Å²) in [6.45, 7) is 4.46. The molecule has 1 N–H and O–H groups in total. The number of rotatable bonds is 6. The fourth-order valence-electron chi connectivity index (χ4n) is 2.97. The largest absolute Gasteiger partial charge is 0.465 e. The Balaban J connectivity index is 1.84. The van der Waals surface area contributed by atoms with E-state index in [0.717, 1.165) is 43.5 Å². The summed E-state index contributed by atoms with van der Waals surface area (Å²) in [4.78, 5) is 16.2. The van der Waals surface area contributed by atoms with Crippen molar-refractivity contribution in [2.24, 2.45) is 11.8 Å². The van der Waals surface area contributed by atoms with E-state index in [1.807, 2.05) is 12.3 Å². The normalized spacial score (nSPS) is 25.3. The van der Waals surface area contributed by atoms with Gasteiger partial charge >= 0.3 is 5.97 Å². The molecule has 1 aromatic rings. The van der Waals surface area contributed by atoms with Crippen LogP contribution in [0, 0.1) is 11.8 Å². The number of hydrogen-bond acceptors (Lipinski definition) is 5. The molecule has 1 saturated carbocycles. The van der Waals surface area contributed by atoms with Crippen molar-refractivity contribution in [2.45, 2.75) is 58.0 Å². The van der Waals surface area contributed by atoms with Crippen molar-refractivity contribution in [3.63, 3.8) is 0 Å². The molecule has 1 atom stereocenters. The number of esters is 1. The summed E-state index contributed by atoms with van der Waals surface area (Å²) in [6.07, 6.45) is 7.00. The Hall–Kier alpha value is -0.940. The first-order chi connectivity index (χ1) is 10.1. The molecule has 0 unspecified atom stereocenters. The Bertz CT molecular complexity index is 436. The molecule has 0 aromatic carbocycles. The fourth-order valence-corrected chi connectivity index (χ4v) is 3.75. The van der Waals surface area contributed by atoms with E-state index >= 15 is 0 Å². The van der Waals surface area contributed by atoms with Crippen molar-refractivity contribution in [2.75, 3.05) is 6.61 Å². The molecule has 5 heteroatoms. The Morgan fingerprint density at radius 2 is 2.19 bits per heavy atom. The third-order valence-electron chi connectivity index (χ3n) is 4.46. The van der Waals surface area contributed by atoms with E-state index in [0.29, 0.717) is 6.61 Å². The van der Waals surface area contributed by atoms with Crippen LogP contribution in [0.1, 0.15) is 57.4 Å². The van der Waals surface area contributed by atoms with Gasteiger partial charge in [0.1, 0.15) is 10.6 Å². The Labute approximate surface area is 130 Å². The highest BCUT2D eigenvalue weighted by Gasteiger charge is 2.39. The number of hydrogen-bond donors (Lipinski definition) is 1. The topological polar surface area (TPSA) is 59.4 Å². The Morgan fingerprint density at radius 1 is 1.48 bits per heavy atom. The number of thiazole rings is 1. The minimum absolute atomic E-state index is 0.00482. The lowest BCUT2D eigenvalue weighted by Gasteiger charge is -2.36. The molecule has 0 aliphatic heterocycles. The molecule has 21 heavy (non-hydrogen) atoms. The van der Waals surface area contributed by atoms with Crippen LogP contribution >= 0.6 is 11.3 Å². The molecular weight excluding hydrogens is 286 g/mol. The molecule has 1 heterocycles. The number of aromatic nitrogens is 1. The van der Waals surface area contributed by atoms with Crippen LogP contribution in [-0.2, 0) is 15.1 Å². The second-order valence-corrected chi connectivity index (χ2v) is 6.95. The van der Waals surface area contributed by atoms with Crippen molar-refractivity contribution < 1.29 is 14.6 Å². The molecule has 1 fully saturated rings. The van der Waals surface area contributed by atoms with Crippen molar-refractivity contribution in [3.05, 3.63) is 16.6 Å². The summed E-state index contributed by atoms with van der Waals surface area (Å²) in [7, 11) is 0. The van der Waals surface area contributed by atoms with E-state index in [1.165, 1.54) is 11.3 Å². The highest BCUT2D eigenvalue weighted by Crippen LogP contribution is 2.41. The second kappa shape index (κ2) is 7.36. The van der Waals surface area contributed by atoms with Crippen LogP contribution in [0.15, 0.2) is 11.6 Å². The van der Waals surface area contributed by atoms with Crippen LogP contribution in [0.5, 0.6) is 0 Å². The first kappa shape index (κ1) is 16.4. The summed E-state index contributed by atoms with van der Waals surface area (Å²) in [5.74, 6) is 0.115. The molecule has 2 rings (SSSR count). The Morgan fingerprint density at radius 3 is 2.76 bits per heavy atom. The average Bonchev–Trinajstić information content (AvgIpc) is 3.02. The highest BCUT2D eigenvalue weighted by atomic mass is 32.1. The monoisotopic (exact) mass is 311 g/mol. The molecule has 0 amide bonds. The zero-order chi connectivity index (χ0) is 15.3. The SMILES string of the molecule is CCCCOC(=O)[C@H]1CC[C@H]([C@](C)(O)c2nccs2)CC1. The van der Waals surface area contributed by atoms with Crippen molar-refractivity contribution in [3.8, 4) is 0 Å².